The second-order valence-corrected chi connectivity index (χ2v) is 14.4. The number of ether oxygens (including phenoxy) is 1. The van der Waals surface area contributed by atoms with Gasteiger partial charge in [-0.05, 0) is 85.1 Å². The Morgan fingerprint density at radius 3 is 2.25 bits per heavy atom. The van der Waals surface area contributed by atoms with Gasteiger partial charge in [0, 0.05) is 28.2 Å². The quantitative estimate of drug-likeness (QED) is 0.227. The van der Waals surface area contributed by atoms with E-state index in [4.69, 9.17) is 27.9 Å². The monoisotopic (exact) mass is 723 g/mol. The third kappa shape index (κ3) is 8.07. The molecule has 0 saturated heterocycles. The molecular weight excluding hydrogens is 689 g/mol. The first-order chi connectivity index (χ1) is 20.9. The number of anilines is 1. The van der Waals surface area contributed by atoms with Crippen molar-refractivity contribution in [2.45, 2.75) is 69.5 Å². The van der Waals surface area contributed by atoms with Crippen LogP contribution in [0.1, 0.15) is 50.2 Å². The van der Waals surface area contributed by atoms with E-state index in [1.807, 2.05) is 6.92 Å². The lowest BCUT2D eigenvalue weighted by Crippen LogP contribution is -2.53. The van der Waals surface area contributed by atoms with Crippen molar-refractivity contribution < 1.29 is 22.7 Å². The number of nitrogens with zero attached hydrogens (tertiary/aromatic N) is 2. The van der Waals surface area contributed by atoms with E-state index in [1.165, 1.54) is 30.2 Å². The summed E-state index contributed by atoms with van der Waals surface area (Å²) in [5, 5.41) is 3.75. The van der Waals surface area contributed by atoms with E-state index < -0.39 is 28.5 Å². The summed E-state index contributed by atoms with van der Waals surface area (Å²) in [6, 6.07) is 15.3. The number of aryl methyl sites for hydroxylation is 1. The molecular formula is C32H36BrCl2N3O5S. The number of nitrogens with one attached hydrogen (secondary N) is 1. The van der Waals surface area contributed by atoms with Crippen LogP contribution >= 0.6 is 39.1 Å². The molecule has 3 aromatic carbocycles. The third-order valence-electron chi connectivity index (χ3n) is 7.82. The van der Waals surface area contributed by atoms with Crippen LogP contribution in [0.2, 0.25) is 10.0 Å². The van der Waals surface area contributed by atoms with Crippen LogP contribution in [0.25, 0.3) is 0 Å². The van der Waals surface area contributed by atoms with Crippen LogP contribution < -0.4 is 14.4 Å². The molecule has 3 aromatic rings. The van der Waals surface area contributed by atoms with Crippen LogP contribution in [0.15, 0.2) is 70.0 Å². The van der Waals surface area contributed by atoms with Gasteiger partial charge >= 0.3 is 0 Å². The number of methoxy groups -OCH3 is 1. The number of benzene rings is 3. The zero-order valence-electron chi connectivity index (χ0n) is 24.9. The average molecular weight is 726 g/mol. The van der Waals surface area contributed by atoms with Gasteiger partial charge in [0.2, 0.25) is 11.8 Å². The summed E-state index contributed by atoms with van der Waals surface area (Å²) in [6.07, 6.45) is 4.94. The first-order valence-corrected chi connectivity index (χ1v) is 17.4. The molecule has 0 heterocycles. The minimum atomic E-state index is -4.25. The molecule has 4 rings (SSSR count). The molecule has 0 aliphatic heterocycles. The fraction of sp³-hybridized carbons (Fsp3) is 0.375. The number of hydrogen-bond acceptors (Lipinski definition) is 5. The van der Waals surface area contributed by atoms with Crippen molar-refractivity contribution in [3.63, 3.8) is 0 Å². The number of hydrogen-bond donors (Lipinski definition) is 1. The predicted octanol–water partition coefficient (Wildman–Crippen LogP) is 7.13. The van der Waals surface area contributed by atoms with Crippen LogP contribution in [-0.2, 0) is 26.2 Å². The summed E-state index contributed by atoms with van der Waals surface area (Å²) in [6.45, 7) is 2.85. The standard InChI is InChI=1S/C32H36BrCl2N3O5S/c1-21-12-14-24(15-13-21)38(44(41,42)25-16-17-30(43-3)27(33)18-25)20-31(39)37(19-26-28(34)10-7-11-29(26)35)22(2)32(40)36-23-8-5-4-6-9-23/h7,10-18,22-23H,4-6,8-9,19-20H2,1-3H3,(H,36,40). The number of carbonyl (C=O) groups excluding carboxylic acids is 2. The van der Waals surface area contributed by atoms with E-state index >= 15 is 0 Å². The Morgan fingerprint density at radius 2 is 1.66 bits per heavy atom. The van der Waals surface area contributed by atoms with Gasteiger partial charge in [0.1, 0.15) is 18.3 Å². The third-order valence-corrected chi connectivity index (χ3v) is 10.9. The summed E-state index contributed by atoms with van der Waals surface area (Å²) in [5.41, 5.74) is 1.68. The van der Waals surface area contributed by atoms with Crippen molar-refractivity contribution in [1.29, 1.82) is 0 Å². The zero-order valence-corrected chi connectivity index (χ0v) is 28.8. The lowest BCUT2D eigenvalue weighted by atomic mass is 9.95. The van der Waals surface area contributed by atoms with Gasteiger partial charge < -0.3 is 15.0 Å². The molecule has 0 bridgehead atoms. The molecule has 1 atom stereocenters. The van der Waals surface area contributed by atoms with Gasteiger partial charge in [-0.2, -0.15) is 0 Å². The topological polar surface area (TPSA) is 96.0 Å². The molecule has 1 aliphatic carbocycles. The zero-order chi connectivity index (χ0) is 32.0. The maximum absolute atomic E-state index is 14.2. The van der Waals surface area contributed by atoms with Crippen LogP contribution in [0, 0.1) is 6.92 Å². The normalized spacial score (nSPS) is 14.5. The van der Waals surface area contributed by atoms with Gasteiger partial charge in [-0.25, -0.2) is 8.42 Å². The minimum Gasteiger partial charge on any atom is -0.496 e. The summed E-state index contributed by atoms with van der Waals surface area (Å²) >= 11 is 16.3. The smallest absolute Gasteiger partial charge is 0.264 e. The molecule has 8 nitrogen and oxygen atoms in total. The largest absolute Gasteiger partial charge is 0.496 e. The Balaban J connectivity index is 1.72. The highest BCUT2D eigenvalue weighted by molar-refractivity contribution is 9.10. The second-order valence-electron chi connectivity index (χ2n) is 10.9. The van der Waals surface area contributed by atoms with Crippen molar-refractivity contribution in [3.8, 4) is 5.75 Å². The van der Waals surface area contributed by atoms with Gasteiger partial charge in [-0.15, -0.1) is 0 Å². The Labute approximate surface area is 277 Å². The molecule has 1 saturated carbocycles. The maximum atomic E-state index is 14.2. The van der Waals surface area contributed by atoms with E-state index in [1.54, 1.807) is 49.4 Å². The summed E-state index contributed by atoms with van der Waals surface area (Å²) < 4.78 is 35.0. The molecule has 1 N–H and O–H groups in total. The van der Waals surface area contributed by atoms with E-state index in [-0.39, 0.29) is 23.4 Å². The molecule has 0 radical (unpaired) electrons. The fourth-order valence-electron chi connectivity index (χ4n) is 5.18. The molecule has 0 spiro atoms. The molecule has 2 amide bonds. The minimum absolute atomic E-state index is 0.0255. The average Bonchev–Trinajstić information content (AvgIpc) is 3.00. The number of carbonyl (C=O) groups is 2. The van der Waals surface area contributed by atoms with E-state index in [9.17, 15) is 18.0 Å². The lowest BCUT2D eigenvalue weighted by molar-refractivity contribution is -0.139. The number of amides is 2. The van der Waals surface area contributed by atoms with Crippen molar-refractivity contribution in [2.75, 3.05) is 18.0 Å². The van der Waals surface area contributed by atoms with Crippen molar-refractivity contribution in [3.05, 3.63) is 86.3 Å². The highest BCUT2D eigenvalue weighted by Crippen LogP contribution is 2.32. The van der Waals surface area contributed by atoms with Gasteiger partial charge in [-0.1, -0.05) is 66.2 Å². The number of halogens is 3. The van der Waals surface area contributed by atoms with Gasteiger partial charge in [0.05, 0.1) is 22.2 Å². The number of rotatable bonds is 11. The van der Waals surface area contributed by atoms with Gasteiger partial charge in [0.25, 0.3) is 10.0 Å². The lowest BCUT2D eigenvalue weighted by Gasteiger charge is -2.33. The highest BCUT2D eigenvalue weighted by atomic mass is 79.9. The Morgan fingerprint density at radius 1 is 1.02 bits per heavy atom. The molecule has 0 aromatic heterocycles. The fourth-order valence-corrected chi connectivity index (χ4v) is 7.83. The van der Waals surface area contributed by atoms with Gasteiger partial charge in [-0.3, -0.25) is 13.9 Å². The Hall–Kier alpha value is -2.79. The molecule has 12 heteroatoms. The summed E-state index contributed by atoms with van der Waals surface area (Å²) in [4.78, 5) is 29.0. The van der Waals surface area contributed by atoms with E-state index in [2.05, 4.69) is 21.2 Å². The summed E-state index contributed by atoms with van der Waals surface area (Å²) in [7, 11) is -2.77. The molecule has 1 fully saturated rings. The van der Waals surface area contributed by atoms with Crippen molar-refractivity contribution in [1.82, 2.24) is 10.2 Å². The van der Waals surface area contributed by atoms with Crippen LogP contribution in [0.3, 0.4) is 0 Å². The molecule has 44 heavy (non-hydrogen) atoms. The van der Waals surface area contributed by atoms with E-state index in [0.717, 1.165) is 42.0 Å². The van der Waals surface area contributed by atoms with Crippen LogP contribution in [0.5, 0.6) is 5.75 Å². The molecule has 236 valence electrons. The van der Waals surface area contributed by atoms with Crippen LogP contribution in [-0.4, -0.2) is 50.9 Å². The van der Waals surface area contributed by atoms with Gasteiger partial charge in [0.15, 0.2) is 0 Å². The van der Waals surface area contributed by atoms with Crippen molar-refractivity contribution in [2.24, 2.45) is 0 Å². The first kappa shape index (κ1) is 34.1. The molecule has 1 unspecified atom stereocenters. The molecule has 1 aliphatic rings. The Kier molecular flexibility index (Phi) is 11.6. The Bertz CT molecular complexity index is 1580. The van der Waals surface area contributed by atoms with E-state index in [0.29, 0.717) is 31.5 Å². The number of sulfonamides is 1. The summed E-state index contributed by atoms with van der Waals surface area (Å²) in [5.74, 6) is -0.455. The maximum Gasteiger partial charge on any atom is 0.264 e. The first-order valence-electron chi connectivity index (χ1n) is 14.4. The highest BCUT2D eigenvalue weighted by Gasteiger charge is 2.34. The predicted molar refractivity (Wildman–Crippen MR) is 178 cm³/mol. The van der Waals surface area contributed by atoms with Crippen molar-refractivity contribution >= 4 is 66.7 Å². The second kappa shape index (κ2) is 15.0. The SMILES string of the molecule is COc1ccc(S(=O)(=O)N(CC(=O)N(Cc2c(Cl)cccc2Cl)C(C)C(=O)NC2CCCCC2)c2ccc(C)cc2)cc1Br. The van der Waals surface area contributed by atoms with Crippen LogP contribution in [0.4, 0.5) is 5.69 Å².